The van der Waals surface area contributed by atoms with Crippen LogP contribution in [0.5, 0.6) is 0 Å². The number of aryl methyl sites for hydroxylation is 1. The lowest BCUT2D eigenvalue weighted by atomic mass is 10.0. The maximum atomic E-state index is 12.4. The van der Waals surface area contributed by atoms with Gasteiger partial charge in [-0.05, 0) is 37.5 Å². The van der Waals surface area contributed by atoms with Gasteiger partial charge in [0.05, 0.1) is 5.69 Å². The van der Waals surface area contributed by atoms with Crippen LogP contribution in [0.2, 0.25) is 0 Å². The number of piperidine rings is 1. The number of carbonyl (C=O) groups excluding carboxylic acids is 1. The third kappa shape index (κ3) is 4.03. The largest absolute Gasteiger partial charge is 0.355 e. The van der Waals surface area contributed by atoms with Gasteiger partial charge in [-0.25, -0.2) is 0 Å². The van der Waals surface area contributed by atoms with Crippen LogP contribution in [0.4, 0.5) is 5.82 Å². The topological polar surface area (TPSA) is 61.0 Å². The molecule has 5 nitrogen and oxygen atoms in total. The first-order chi connectivity index (χ1) is 13.2. The van der Waals surface area contributed by atoms with Crippen LogP contribution in [0, 0.1) is 6.92 Å². The van der Waals surface area contributed by atoms with Crippen molar-refractivity contribution in [3.8, 4) is 11.3 Å². The predicted octanol–water partition coefficient (Wildman–Crippen LogP) is 3.78. The molecular formula is C22H24N4O. The van der Waals surface area contributed by atoms with Gasteiger partial charge in [0, 0.05) is 30.8 Å². The highest BCUT2D eigenvalue weighted by Crippen LogP contribution is 2.24. The van der Waals surface area contributed by atoms with Crippen LogP contribution in [0.1, 0.15) is 28.8 Å². The van der Waals surface area contributed by atoms with Crippen LogP contribution in [-0.4, -0.2) is 35.2 Å². The maximum absolute atomic E-state index is 12.4. The molecule has 0 spiro atoms. The third-order valence-electron chi connectivity index (χ3n) is 5.12. The number of aromatic nitrogens is 2. The van der Waals surface area contributed by atoms with Gasteiger partial charge in [-0.1, -0.05) is 48.0 Å². The molecule has 2 aromatic carbocycles. The molecular weight excluding hydrogens is 336 g/mol. The minimum atomic E-state index is 0.0135. The first kappa shape index (κ1) is 17.3. The number of amides is 1. The zero-order chi connectivity index (χ0) is 18.6. The van der Waals surface area contributed by atoms with E-state index >= 15 is 0 Å². The first-order valence-corrected chi connectivity index (χ1v) is 9.42. The van der Waals surface area contributed by atoms with Crippen molar-refractivity contribution in [1.29, 1.82) is 0 Å². The number of rotatable bonds is 4. The van der Waals surface area contributed by atoms with Gasteiger partial charge in [0.15, 0.2) is 5.82 Å². The normalized spacial score (nSPS) is 14.9. The van der Waals surface area contributed by atoms with Crippen molar-refractivity contribution in [2.24, 2.45) is 0 Å². The number of nitrogens with one attached hydrogen (secondary N) is 2. The molecule has 27 heavy (non-hydrogen) atoms. The minimum Gasteiger partial charge on any atom is -0.355 e. The van der Waals surface area contributed by atoms with Crippen LogP contribution in [0.15, 0.2) is 60.7 Å². The Morgan fingerprint density at radius 1 is 1.07 bits per heavy atom. The van der Waals surface area contributed by atoms with Crippen LogP contribution >= 0.6 is 0 Å². The summed E-state index contributed by atoms with van der Waals surface area (Å²) in [5.74, 6) is 0.983. The molecule has 2 heterocycles. The lowest BCUT2D eigenvalue weighted by Crippen LogP contribution is -2.44. The van der Waals surface area contributed by atoms with Gasteiger partial charge >= 0.3 is 0 Å². The summed E-state index contributed by atoms with van der Waals surface area (Å²) in [6, 6.07) is 20.2. The fourth-order valence-corrected chi connectivity index (χ4v) is 3.47. The summed E-state index contributed by atoms with van der Waals surface area (Å²) in [5.41, 5.74) is 4.05. The Kier molecular flexibility index (Phi) is 4.92. The zero-order valence-electron chi connectivity index (χ0n) is 15.5. The molecule has 4 rings (SSSR count). The molecule has 1 aromatic heterocycles. The van der Waals surface area contributed by atoms with E-state index in [-0.39, 0.29) is 11.9 Å². The molecule has 2 N–H and O–H groups in total. The van der Waals surface area contributed by atoms with E-state index in [1.165, 1.54) is 0 Å². The molecule has 1 fully saturated rings. The number of benzene rings is 2. The van der Waals surface area contributed by atoms with E-state index in [1.54, 1.807) is 0 Å². The minimum absolute atomic E-state index is 0.0135. The highest BCUT2D eigenvalue weighted by atomic mass is 16.1. The van der Waals surface area contributed by atoms with Crippen molar-refractivity contribution in [2.75, 3.05) is 18.0 Å². The number of anilines is 1. The molecule has 1 saturated heterocycles. The van der Waals surface area contributed by atoms with Crippen LogP contribution in [-0.2, 0) is 0 Å². The summed E-state index contributed by atoms with van der Waals surface area (Å²) in [6.45, 7) is 3.80. The molecule has 0 aliphatic carbocycles. The van der Waals surface area contributed by atoms with Crippen molar-refractivity contribution < 1.29 is 4.79 Å². The van der Waals surface area contributed by atoms with Crippen molar-refractivity contribution >= 4 is 11.7 Å². The van der Waals surface area contributed by atoms with Gasteiger partial charge in [-0.15, -0.1) is 0 Å². The number of hydrogen-bond acceptors (Lipinski definition) is 3. The monoisotopic (exact) mass is 360 g/mol. The van der Waals surface area contributed by atoms with Crippen LogP contribution < -0.4 is 10.2 Å². The van der Waals surface area contributed by atoms with Gasteiger partial charge in [-0.3, -0.25) is 9.89 Å². The second-order valence-corrected chi connectivity index (χ2v) is 7.11. The molecule has 5 heteroatoms. The Hall–Kier alpha value is -3.08. The maximum Gasteiger partial charge on any atom is 0.251 e. The van der Waals surface area contributed by atoms with Gasteiger partial charge in [0.2, 0.25) is 0 Å². The fourth-order valence-electron chi connectivity index (χ4n) is 3.47. The SMILES string of the molecule is Cc1ccc(C(=O)NC2CCN(c3cc(-c4ccccc4)[nH]n3)CC2)cc1. The second-order valence-electron chi connectivity index (χ2n) is 7.11. The Labute approximate surface area is 159 Å². The van der Waals surface area contributed by atoms with Gasteiger partial charge in [0.1, 0.15) is 0 Å². The average molecular weight is 360 g/mol. The molecule has 0 saturated carbocycles. The first-order valence-electron chi connectivity index (χ1n) is 9.42. The summed E-state index contributed by atoms with van der Waals surface area (Å²) < 4.78 is 0. The zero-order valence-corrected chi connectivity index (χ0v) is 15.5. The van der Waals surface area contributed by atoms with E-state index in [0.29, 0.717) is 0 Å². The summed E-state index contributed by atoms with van der Waals surface area (Å²) in [4.78, 5) is 14.7. The molecule has 0 radical (unpaired) electrons. The van der Waals surface area contributed by atoms with E-state index in [0.717, 1.165) is 54.1 Å². The number of H-pyrrole nitrogens is 1. The van der Waals surface area contributed by atoms with Crippen LogP contribution in [0.25, 0.3) is 11.3 Å². The fraction of sp³-hybridized carbons (Fsp3) is 0.273. The molecule has 3 aromatic rings. The number of aromatic amines is 1. The van der Waals surface area contributed by atoms with Crippen molar-refractivity contribution in [3.05, 3.63) is 71.8 Å². The Balaban J connectivity index is 1.33. The molecule has 1 amide bonds. The van der Waals surface area contributed by atoms with E-state index in [4.69, 9.17) is 0 Å². The van der Waals surface area contributed by atoms with Crippen molar-refractivity contribution in [1.82, 2.24) is 15.5 Å². The smallest absolute Gasteiger partial charge is 0.251 e. The predicted molar refractivity (Wildman–Crippen MR) is 108 cm³/mol. The quantitative estimate of drug-likeness (QED) is 0.744. The highest BCUT2D eigenvalue weighted by molar-refractivity contribution is 5.94. The molecule has 0 atom stereocenters. The Morgan fingerprint density at radius 3 is 2.48 bits per heavy atom. The lowest BCUT2D eigenvalue weighted by Gasteiger charge is -2.32. The number of carbonyl (C=O) groups is 1. The number of nitrogens with zero attached hydrogens (tertiary/aromatic N) is 2. The summed E-state index contributed by atoms with van der Waals surface area (Å²) in [5, 5.41) is 10.8. The molecule has 1 aliphatic heterocycles. The van der Waals surface area contributed by atoms with E-state index in [1.807, 2.05) is 49.4 Å². The van der Waals surface area contributed by atoms with Gasteiger partial charge < -0.3 is 10.2 Å². The van der Waals surface area contributed by atoms with Gasteiger partial charge in [0.25, 0.3) is 5.91 Å². The Bertz CT molecular complexity index is 894. The highest BCUT2D eigenvalue weighted by Gasteiger charge is 2.22. The Morgan fingerprint density at radius 2 is 1.78 bits per heavy atom. The van der Waals surface area contributed by atoms with Crippen molar-refractivity contribution in [3.63, 3.8) is 0 Å². The molecule has 1 aliphatic rings. The van der Waals surface area contributed by atoms with Gasteiger partial charge in [-0.2, -0.15) is 5.10 Å². The molecule has 0 unspecified atom stereocenters. The summed E-state index contributed by atoms with van der Waals surface area (Å²) in [6.07, 6.45) is 1.84. The van der Waals surface area contributed by atoms with E-state index in [2.05, 4.69) is 38.6 Å². The van der Waals surface area contributed by atoms with E-state index < -0.39 is 0 Å². The molecule has 138 valence electrons. The number of hydrogen-bond donors (Lipinski definition) is 2. The third-order valence-corrected chi connectivity index (χ3v) is 5.12. The summed E-state index contributed by atoms with van der Waals surface area (Å²) in [7, 11) is 0. The second kappa shape index (κ2) is 7.66. The molecule has 0 bridgehead atoms. The lowest BCUT2D eigenvalue weighted by molar-refractivity contribution is 0.0931. The van der Waals surface area contributed by atoms with Crippen LogP contribution in [0.3, 0.4) is 0 Å². The standard InChI is InChI=1S/C22H24N4O/c1-16-7-9-18(10-8-16)22(27)23-19-11-13-26(14-12-19)21-15-20(24-25-21)17-5-3-2-4-6-17/h2-10,15,19H,11-14H2,1H3,(H,23,27)(H,24,25). The summed E-state index contributed by atoms with van der Waals surface area (Å²) >= 11 is 0. The van der Waals surface area contributed by atoms with Crippen molar-refractivity contribution in [2.45, 2.75) is 25.8 Å². The average Bonchev–Trinajstić information content (AvgIpc) is 3.20. The van der Waals surface area contributed by atoms with E-state index in [9.17, 15) is 4.79 Å².